The molecular weight excluding hydrogens is 443 g/mol. The molecule has 0 unspecified atom stereocenters. The van der Waals surface area contributed by atoms with E-state index in [1.54, 1.807) is 28.0 Å². The number of thiazole rings is 1. The van der Waals surface area contributed by atoms with Gasteiger partial charge in [0.25, 0.3) is 0 Å². The first-order valence-electron chi connectivity index (χ1n) is 7.61. The summed E-state index contributed by atoms with van der Waals surface area (Å²) in [6, 6.07) is 9.39. The van der Waals surface area contributed by atoms with Crippen LogP contribution in [0.1, 0.15) is 0 Å². The van der Waals surface area contributed by atoms with Crippen molar-refractivity contribution in [2.24, 2.45) is 0 Å². The Kier molecular flexibility index (Phi) is 4.33. The standard InChI is InChI=1S/C16H8Cl2N6S3/c17-8-3-4-9(10(18)6-8)11-7-26-16-20-14(23-24(11)16)19-15-22-21-13(27-15)12-2-1-5-25-12/h1-7H,(H,19,22,23). The Balaban J connectivity index is 1.46. The van der Waals surface area contributed by atoms with Crippen molar-refractivity contribution in [1.29, 1.82) is 0 Å². The maximum Gasteiger partial charge on any atom is 0.250 e. The van der Waals surface area contributed by atoms with Gasteiger partial charge in [0.2, 0.25) is 16.0 Å². The zero-order valence-corrected chi connectivity index (χ0v) is 17.2. The van der Waals surface area contributed by atoms with E-state index in [0.717, 1.165) is 26.1 Å². The molecule has 0 aliphatic heterocycles. The molecule has 0 bridgehead atoms. The number of aromatic nitrogens is 5. The molecule has 0 fully saturated rings. The first-order chi connectivity index (χ1) is 13.2. The summed E-state index contributed by atoms with van der Waals surface area (Å²) >= 11 is 16.9. The maximum absolute atomic E-state index is 6.34. The van der Waals surface area contributed by atoms with Gasteiger partial charge in [-0.2, -0.15) is 4.98 Å². The number of nitrogens with zero attached hydrogens (tertiary/aromatic N) is 5. The molecular formula is C16H8Cl2N6S3. The van der Waals surface area contributed by atoms with Crippen LogP contribution < -0.4 is 5.32 Å². The summed E-state index contributed by atoms with van der Waals surface area (Å²) in [5, 5.41) is 22.7. The Morgan fingerprint density at radius 3 is 2.81 bits per heavy atom. The van der Waals surface area contributed by atoms with Crippen LogP contribution in [0.3, 0.4) is 0 Å². The van der Waals surface area contributed by atoms with Gasteiger partial charge in [-0.05, 0) is 29.6 Å². The number of hydrogen-bond acceptors (Lipinski definition) is 8. The molecule has 1 aromatic carbocycles. The van der Waals surface area contributed by atoms with E-state index in [1.165, 1.54) is 22.7 Å². The minimum atomic E-state index is 0.460. The van der Waals surface area contributed by atoms with Gasteiger partial charge in [0.15, 0.2) is 5.01 Å². The third-order valence-corrected chi connectivity index (χ3v) is 6.91. The van der Waals surface area contributed by atoms with Crippen LogP contribution in [0, 0.1) is 0 Å². The van der Waals surface area contributed by atoms with Crippen LogP contribution in [0.2, 0.25) is 10.0 Å². The number of nitrogens with one attached hydrogen (secondary N) is 1. The number of rotatable bonds is 4. The fraction of sp³-hybridized carbons (Fsp3) is 0. The molecule has 0 aliphatic rings. The van der Waals surface area contributed by atoms with Crippen molar-refractivity contribution in [1.82, 2.24) is 24.8 Å². The van der Waals surface area contributed by atoms with Gasteiger partial charge in [-0.15, -0.1) is 38.0 Å². The number of fused-ring (bicyclic) bond motifs is 1. The Morgan fingerprint density at radius 2 is 2.00 bits per heavy atom. The molecule has 4 heterocycles. The summed E-state index contributed by atoms with van der Waals surface area (Å²) in [7, 11) is 0. The molecule has 0 radical (unpaired) electrons. The van der Waals surface area contributed by atoms with Gasteiger partial charge < -0.3 is 0 Å². The molecule has 11 heteroatoms. The molecule has 0 spiro atoms. The molecule has 0 atom stereocenters. The van der Waals surface area contributed by atoms with Gasteiger partial charge in [0.05, 0.1) is 15.6 Å². The Hall–Kier alpha value is -2.04. The molecule has 27 heavy (non-hydrogen) atoms. The van der Waals surface area contributed by atoms with Crippen LogP contribution in [0.4, 0.5) is 11.1 Å². The molecule has 0 saturated carbocycles. The molecule has 134 valence electrons. The van der Waals surface area contributed by atoms with Crippen LogP contribution >= 0.6 is 57.2 Å². The van der Waals surface area contributed by atoms with Crippen molar-refractivity contribution in [3.8, 4) is 21.1 Å². The average molecular weight is 451 g/mol. The van der Waals surface area contributed by atoms with Crippen LogP contribution in [-0.2, 0) is 0 Å². The van der Waals surface area contributed by atoms with Gasteiger partial charge in [0.1, 0.15) is 0 Å². The Bertz CT molecular complexity index is 1240. The first kappa shape index (κ1) is 17.1. The minimum Gasteiger partial charge on any atom is -0.297 e. The molecule has 0 aliphatic carbocycles. The van der Waals surface area contributed by atoms with E-state index in [4.69, 9.17) is 23.2 Å². The van der Waals surface area contributed by atoms with Crippen molar-refractivity contribution < 1.29 is 0 Å². The van der Waals surface area contributed by atoms with Gasteiger partial charge in [0, 0.05) is 16.0 Å². The second kappa shape index (κ2) is 6.84. The van der Waals surface area contributed by atoms with Crippen molar-refractivity contribution >= 4 is 73.3 Å². The lowest BCUT2D eigenvalue weighted by Crippen LogP contribution is -1.94. The summed E-state index contributed by atoms with van der Waals surface area (Å²) in [4.78, 5) is 6.34. The molecule has 0 saturated heterocycles. The smallest absolute Gasteiger partial charge is 0.250 e. The van der Waals surface area contributed by atoms with Crippen LogP contribution in [-0.4, -0.2) is 24.8 Å². The van der Waals surface area contributed by atoms with E-state index in [2.05, 4.69) is 25.6 Å². The fourth-order valence-corrected chi connectivity index (χ4v) is 5.34. The third kappa shape index (κ3) is 3.21. The van der Waals surface area contributed by atoms with Crippen LogP contribution in [0.15, 0.2) is 41.1 Å². The highest BCUT2D eigenvalue weighted by Gasteiger charge is 2.15. The molecule has 1 N–H and O–H groups in total. The second-order valence-corrected chi connectivity index (χ2v) is 8.99. The normalized spacial score (nSPS) is 11.3. The number of benzene rings is 1. The Morgan fingerprint density at radius 1 is 1.07 bits per heavy atom. The lowest BCUT2D eigenvalue weighted by molar-refractivity contribution is 0.986. The summed E-state index contributed by atoms with van der Waals surface area (Å²) < 4.78 is 1.75. The quantitative estimate of drug-likeness (QED) is 0.358. The summed E-state index contributed by atoms with van der Waals surface area (Å²) in [5.41, 5.74) is 1.70. The molecule has 5 rings (SSSR count). The third-order valence-electron chi connectivity index (χ3n) is 3.66. The molecule has 4 aromatic heterocycles. The monoisotopic (exact) mass is 450 g/mol. The number of thiophene rings is 1. The highest BCUT2D eigenvalue weighted by molar-refractivity contribution is 7.23. The minimum absolute atomic E-state index is 0.460. The highest BCUT2D eigenvalue weighted by Crippen LogP contribution is 2.34. The van der Waals surface area contributed by atoms with E-state index in [1.807, 2.05) is 29.0 Å². The van der Waals surface area contributed by atoms with E-state index in [9.17, 15) is 0 Å². The van der Waals surface area contributed by atoms with Crippen LogP contribution in [0.5, 0.6) is 0 Å². The van der Waals surface area contributed by atoms with E-state index < -0.39 is 0 Å². The number of halogens is 2. The molecule has 5 aromatic rings. The number of hydrogen-bond donors (Lipinski definition) is 1. The van der Waals surface area contributed by atoms with E-state index >= 15 is 0 Å². The van der Waals surface area contributed by atoms with Gasteiger partial charge >= 0.3 is 0 Å². The molecule has 6 nitrogen and oxygen atoms in total. The lowest BCUT2D eigenvalue weighted by Gasteiger charge is -2.02. The summed E-state index contributed by atoms with van der Waals surface area (Å²) in [5.74, 6) is 0.460. The summed E-state index contributed by atoms with van der Waals surface area (Å²) in [6.07, 6.45) is 0. The predicted octanol–water partition coefficient (Wildman–Crippen LogP) is 6.09. The van der Waals surface area contributed by atoms with Crippen molar-refractivity contribution in [3.05, 3.63) is 51.1 Å². The summed E-state index contributed by atoms with van der Waals surface area (Å²) in [6.45, 7) is 0. The maximum atomic E-state index is 6.34. The highest BCUT2D eigenvalue weighted by atomic mass is 35.5. The van der Waals surface area contributed by atoms with Gasteiger partial charge in [-0.3, -0.25) is 5.32 Å². The zero-order chi connectivity index (χ0) is 18.4. The second-order valence-electron chi connectivity index (χ2n) is 5.39. The SMILES string of the molecule is Clc1ccc(-c2csc3nc(Nc4nnc(-c5cccs5)s4)nn23)c(Cl)c1. The van der Waals surface area contributed by atoms with Gasteiger partial charge in [-0.25, -0.2) is 4.52 Å². The topological polar surface area (TPSA) is 68.0 Å². The van der Waals surface area contributed by atoms with Crippen molar-refractivity contribution in [2.75, 3.05) is 5.32 Å². The fourth-order valence-electron chi connectivity index (χ4n) is 2.49. The van der Waals surface area contributed by atoms with Crippen molar-refractivity contribution in [2.45, 2.75) is 0 Å². The first-order valence-corrected chi connectivity index (χ1v) is 10.9. The largest absolute Gasteiger partial charge is 0.297 e. The van der Waals surface area contributed by atoms with Crippen molar-refractivity contribution in [3.63, 3.8) is 0 Å². The number of anilines is 2. The average Bonchev–Trinajstić information content (AvgIpc) is 3.39. The van der Waals surface area contributed by atoms with Crippen LogP contribution in [0.25, 0.3) is 26.1 Å². The zero-order valence-electron chi connectivity index (χ0n) is 13.3. The predicted molar refractivity (Wildman–Crippen MR) is 113 cm³/mol. The van der Waals surface area contributed by atoms with Gasteiger partial charge in [-0.1, -0.05) is 40.6 Å². The Labute approximate surface area is 175 Å². The lowest BCUT2D eigenvalue weighted by atomic mass is 10.2. The van der Waals surface area contributed by atoms with E-state index in [0.29, 0.717) is 21.1 Å². The van der Waals surface area contributed by atoms with E-state index in [-0.39, 0.29) is 0 Å². The molecule has 0 amide bonds.